The summed E-state index contributed by atoms with van der Waals surface area (Å²) in [6.45, 7) is 3.37. The number of pyridine rings is 1. The molecule has 1 amide bonds. The Morgan fingerprint density at radius 1 is 1.64 bits per heavy atom. The van der Waals surface area contributed by atoms with E-state index in [9.17, 15) is 4.79 Å². The van der Waals surface area contributed by atoms with Crippen molar-refractivity contribution < 1.29 is 4.79 Å². The third-order valence-corrected chi connectivity index (χ3v) is 2.14. The van der Waals surface area contributed by atoms with Crippen LogP contribution in [0.4, 0.5) is 5.69 Å². The molecule has 5 heteroatoms. The highest BCUT2D eigenvalue weighted by Gasteiger charge is 2.24. The molecule has 0 aliphatic heterocycles. The summed E-state index contributed by atoms with van der Waals surface area (Å²) in [5.74, 6) is -0.439. The predicted molar refractivity (Wildman–Crippen MR) is 56.1 cm³/mol. The monoisotopic (exact) mass is 213 g/mol. The molecule has 0 saturated heterocycles. The van der Waals surface area contributed by atoms with E-state index in [0.29, 0.717) is 10.7 Å². The highest BCUT2D eigenvalue weighted by molar-refractivity contribution is 6.33. The zero-order valence-corrected chi connectivity index (χ0v) is 8.80. The molecule has 0 unspecified atom stereocenters. The van der Waals surface area contributed by atoms with Gasteiger partial charge >= 0.3 is 0 Å². The van der Waals surface area contributed by atoms with Gasteiger partial charge in [0.1, 0.15) is 5.54 Å². The minimum atomic E-state index is -0.828. The summed E-state index contributed by atoms with van der Waals surface area (Å²) in [7, 11) is 0. The second-order valence-electron chi connectivity index (χ2n) is 3.47. The van der Waals surface area contributed by atoms with Gasteiger partial charge in [-0.3, -0.25) is 9.78 Å². The zero-order chi connectivity index (χ0) is 10.8. The van der Waals surface area contributed by atoms with E-state index in [1.165, 1.54) is 6.20 Å². The molecular weight excluding hydrogens is 202 g/mol. The third kappa shape index (κ3) is 2.35. The molecule has 0 aromatic carbocycles. The van der Waals surface area contributed by atoms with E-state index < -0.39 is 11.4 Å². The molecule has 1 aromatic heterocycles. The molecule has 0 aliphatic rings. The highest BCUT2D eigenvalue weighted by Crippen LogP contribution is 2.22. The summed E-state index contributed by atoms with van der Waals surface area (Å²) >= 11 is 5.86. The van der Waals surface area contributed by atoms with Crippen molar-refractivity contribution in [1.29, 1.82) is 0 Å². The SMILES string of the molecule is CC(C)(Nc1ccncc1Cl)C(N)=O. The van der Waals surface area contributed by atoms with Crippen LogP contribution < -0.4 is 11.1 Å². The molecule has 0 atom stereocenters. The number of nitrogens with zero attached hydrogens (tertiary/aromatic N) is 1. The maximum atomic E-state index is 11.0. The quantitative estimate of drug-likeness (QED) is 0.798. The Bertz CT molecular complexity index is 352. The lowest BCUT2D eigenvalue weighted by atomic mass is 10.0. The van der Waals surface area contributed by atoms with Crippen LogP contribution in [0.15, 0.2) is 18.5 Å². The number of nitrogens with one attached hydrogen (secondary N) is 1. The summed E-state index contributed by atoms with van der Waals surface area (Å²) in [5, 5.41) is 3.40. The van der Waals surface area contributed by atoms with Crippen LogP contribution >= 0.6 is 11.6 Å². The largest absolute Gasteiger partial charge is 0.370 e. The maximum absolute atomic E-state index is 11.0. The Labute approximate surface area is 87.5 Å². The second-order valence-corrected chi connectivity index (χ2v) is 3.88. The number of primary amides is 1. The number of halogens is 1. The number of anilines is 1. The molecule has 3 N–H and O–H groups in total. The minimum absolute atomic E-state index is 0.439. The summed E-state index contributed by atoms with van der Waals surface area (Å²) in [5.41, 5.74) is 5.02. The number of carbonyl (C=O) groups is 1. The van der Waals surface area contributed by atoms with E-state index >= 15 is 0 Å². The van der Waals surface area contributed by atoms with E-state index in [4.69, 9.17) is 17.3 Å². The number of carbonyl (C=O) groups excluding carboxylic acids is 1. The Balaban J connectivity index is 2.89. The van der Waals surface area contributed by atoms with Crippen molar-refractivity contribution in [1.82, 2.24) is 4.98 Å². The summed E-state index contributed by atoms with van der Waals surface area (Å²) in [4.78, 5) is 14.9. The molecule has 0 aliphatic carbocycles. The van der Waals surface area contributed by atoms with Crippen molar-refractivity contribution in [2.24, 2.45) is 5.73 Å². The molecule has 0 spiro atoms. The van der Waals surface area contributed by atoms with Crippen molar-refractivity contribution >= 4 is 23.2 Å². The Morgan fingerprint density at radius 3 is 2.79 bits per heavy atom. The Kier molecular flexibility index (Phi) is 2.96. The fourth-order valence-corrected chi connectivity index (χ4v) is 1.04. The fourth-order valence-electron chi connectivity index (χ4n) is 0.875. The maximum Gasteiger partial charge on any atom is 0.242 e. The smallest absolute Gasteiger partial charge is 0.242 e. The number of amides is 1. The normalized spacial score (nSPS) is 11.1. The lowest BCUT2D eigenvalue weighted by Gasteiger charge is -2.23. The molecule has 0 fully saturated rings. The van der Waals surface area contributed by atoms with Crippen LogP contribution in [0, 0.1) is 0 Å². The molecule has 0 radical (unpaired) electrons. The second kappa shape index (κ2) is 3.84. The van der Waals surface area contributed by atoms with Gasteiger partial charge in [-0.15, -0.1) is 0 Å². The van der Waals surface area contributed by atoms with Gasteiger partial charge in [0.25, 0.3) is 0 Å². The van der Waals surface area contributed by atoms with Crippen molar-refractivity contribution in [3.05, 3.63) is 23.5 Å². The van der Waals surface area contributed by atoms with E-state index in [2.05, 4.69) is 10.3 Å². The predicted octanol–water partition coefficient (Wildman–Crippen LogP) is 1.41. The van der Waals surface area contributed by atoms with Crippen molar-refractivity contribution in [3.63, 3.8) is 0 Å². The van der Waals surface area contributed by atoms with Crippen LogP contribution in [-0.4, -0.2) is 16.4 Å². The van der Waals surface area contributed by atoms with Gasteiger partial charge < -0.3 is 11.1 Å². The first kappa shape index (κ1) is 10.8. The standard InChI is InChI=1S/C9H12ClN3O/c1-9(2,8(11)14)13-7-3-4-12-5-6(7)10/h3-5H,1-2H3,(H2,11,14)(H,12,13). The molecule has 1 rings (SSSR count). The van der Waals surface area contributed by atoms with Gasteiger partial charge in [-0.2, -0.15) is 0 Å². The number of hydrogen-bond acceptors (Lipinski definition) is 3. The Hall–Kier alpha value is -1.29. The van der Waals surface area contributed by atoms with Crippen molar-refractivity contribution in [2.45, 2.75) is 19.4 Å². The molecular formula is C9H12ClN3O. The van der Waals surface area contributed by atoms with E-state index in [1.54, 1.807) is 26.1 Å². The number of aromatic nitrogens is 1. The van der Waals surface area contributed by atoms with Gasteiger partial charge in [-0.25, -0.2) is 0 Å². The van der Waals surface area contributed by atoms with Crippen LogP contribution in [0.2, 0.25) is 5.02 Å². The molecule has 1 heterocycles. The van der Waals surface area contributed by atoms with E-state index in [1.807, 2.05) is 0 Å². The van der Waals surface area contributed by atoms with Crippen molar-refractivity contribution in [2.75, 3.05) is 5.32 Å². The minimum Gasteiger partial charge on any atom is -0.370 e. The summed E-state index contributed by atoms with van der Waals surface area (Å²) < 4.78 is 0. The van der Waals surface area contributed by atoms with Crippen LogP contribution in [0.3, 0.4) is 0 Å². The van der Waals surface area contributed by atoms with Gasteiger partial charge in [0.2, 0.25) is 5.91 Å². The van der Waals surface area contributed by atoms with Gasteiger partial charge in [-0.1, -0.05) is 11.6 Å². The number of hydrogen-bond donors (Lipinski definition) is 2. The van der Waals surface area contributed by atoms with Crippen LogP contribution in [0.25, 0.3) is 0 Å². The van der Waals surface area contributed by atoms with Gasteiger partial charge in [-0.05, 0) is 19.9 Å². The average molecular weight is 214 g/mol. The summed E-state index contributed by atoms with van der Waals surface area (Å²) in [6, 6.07) is 1.69. The molecule has 0 bridgehead atoms. The van der Waals surface area contributed by atoms with Gasteiger partial charge in [0.05, 0.1) is 10.7 Å². The molecule has 14 heavy (non-hydrogen) atoms. The number of rotatable bonds is 3. The van der Waals surface area contributed by atoms with Crippen LogP contribution in [0.1, 0.15) is 13.8 Å². The lowest BCUT2D eigenvalue weighted by molar-refractivity contribution is -0.121. The van der Waals surface area contributed by atoms with Crippen LogP contribution in [0.5, 0.6) is 0 Å². The molecule has 0 saturated carbocycles. The molecule has 76 valence electrons. The zero-order valence-electron chi connectivity index (χ0n) is 8.04. The van der Waals surface area contributed by atoms with Crippen LogP contribution in [-0.2, 0) is 4.79 Å². The van der Waals surface area contributed by atoms with E-state index in [0.717, 1.165) is 0 Å². The molecule has 1 aromatic rings. The van der Waals surface area contributed by atoms with E-state index in [-0.39, 0.29) is 0 Å². The van der Waals surface area contributed by atoms with Gasteiger partial charge in [0.15, 0.2) is 0 Å². The molecule has 4 nitrogen and oxygen atoms in total. The first-order chi connectivity index (χ1) is 6.43. The fraction of sp³-hybridized carbons (Fsp3) is 0.333. The van der Waals surface area contributed by atoms with Gasteiger partial charge in [0, 0.05) is 12.4 Å². The average Bonchev–Trinajstić information content (AvgIpc) is 2.08. The first-order valence-corrected chi connectivity index (χ1v) is 4.49. The Morgan fingerprint density at radius 2 is 2.29 bits per heavy atom. The lowest BCUT2D eigenvalue weighted by Crippen LogP contribution is -2.45. The first-order valence-electron chi connectivity index (χ1n) is 4.11. The third-order valence-electron chi connectivity index (χ3n) is 1.84. The highest BCUT2D eigenvalue weighted by atomic mass is 35.5. The summed E-state index contributed by atoms with van der Waals surface area (Å²) in [6.07, 6.45) is 3.09. The number of nitrogens with two attached hydrogens (primary N) is 1. The topological polar surface area (TPSA) is 68.0 Å². The van der Waals surface area contributed by atoms with Crippen molar-refractivity contribution in [3.8, 4) is 0 Å².